The summed E-state index contributed by atoms with van der Waals surface area (Å²) in [5.41, 5.74) is 8.65. The summed E-state index contributed by atoms with van der Waals surface area (Å²) >= 11 is 0. The van der Waals surface area contributed by atoms with Gasteiger partial charge in [0, 0.05) is 6.54 Å². The molecule has 0 atom stereocenters. The van der Waals surface area contributed by atoms with Gasteiger partial charge in [0.1, 0.15) is 11.3 Å². The minimum Gasteiger partial charge on any atom is -0.443 e. The van der Waals surface area contributed by atoms with Crippen molar-refractivity contribution < 1.29 is 14.2 Å². The van der Waals surface area contributed by atoms with Crippen LogP contribution in [0.2, 0.25) is 6.32 Å². The van der Waals surface area contributed by atoms with Crippen molar-refractivity contribution in [2.75, 3.05) is 13.3 Å². The second-order valence-corrected chi connectivity index (χ2v) is 6.98. The maximum Gasteiger partial charge on any atom is 0.415 e. The molecule has 6 nitrogen and oxygen atoms in total. The van der Waals surface area contributed by atoms with Crippen molar-refractivity contribution in [1.29, 1.82) is 0 Å². The lowest BCUT2D eigenvalue weighted by atomic mass is 9.66. The van der Waals surface area contributed by atoms with Crippen LogP contribution in [0.1, 0.15) is 31.9 Å². The first kappa shape index (κ1) is 18.5. The standard InChI is InChI=1S/C17H26BN3O3/c1-12-6-7-14(10-13(12)2)20-15-18(23-11-19)8-9-21(15)16(22)24-17(3,4)5/h6-7,10H,8-9,11,19H2,1-5H3/b20-15+. The number of aliphatic imine (C=N–C) groups is 1. The molecule has 2 N–H and O–H groups in total. The van der Waals surface area contributed by atoms with Crippen LogP contribution < -0.4 is 5.73 Å². The third kappa shape index (κ3) is 4.58. The van der Waals surface area contributed by atoms with Crippen molar-refractivity contribution in [3.8, 4) is 0 Å². The lowest BCUT2D eigenvalue weighted by Crippen LogP contribution is -2.41. The number of nitrogens with two attached hydrogens (primary N) is 1. The van der Waals surface area contributed by atoms with Gasteiger partial charge in [-0.05, 0) is 64.2 Å². The Morgan fingerprint density at radius 1 is 1.33 bits per heavy atom. The number of benzene rings is 1. The summed E-state index contributed by atoms with van der Waals surface area (Å²) < 4.78 is 11.0. The number of amides is 1. The number of carbonyl (C=O) groups is 1. The highest BCUT2D eigenvalue weighted by Gasteiger charge is 2.40. The fourth-order valence-electron chi connectivity index (χ4n) is 2.50. The zero-order valence-corrected chi connectivity index (χ0v) is 15.1. The minimum absolute atomic E-state index is 0.0821. The lowest BCUT2D eigenvalue weighted by molar-refractivity contribution is 0.0385. The van der Waals surface area contributed by atoms with Gasteiger partial charge in [0.2, 0.25) is 0 Å². The third-order valence-electron chi connectivity index (χ3n) is 3.82. The normalized spacial score (nSPS) is 16.8. The van der Waals surface area contributed by atoms with Crippen molar-refractivity contribution >= 4 is 24.4 Å². The number of aryl methyl sites for hydroxylation is 2. The molecule has 130 valence electrons. The molecule has 1 heterocycles. The van der Waals surface area contributed by atoms with Gasteiger partial charge in [0.25, 0.3) is 0 Å². The number of amidine groups is 1. The molecular formula is C17H26BN3O3. The summed E-state index contributed by atoms with van der Waals surface area (Å²) in [6.45, 7) is 9.90. The number of hydrogen-bond donors (Lipinski definition) is 1. The van der Waals surface area contributed by atoms with E-state index in [4.69, 9.17) is 15.1 Å². The summed E-state index contributed by atoms with van der Waals surface area (Å²) in [5, 5.41) is 0. The first-order valence-corrected chi connectivity index (χ1v) is 8.19. The van der Waals surface area contributed by atoms with E-state index >= 15 is 0 Å². The second kappa shape index (κ2) is 7.36. The van der Waals surface area contributed by atoms with E-state index in [9.17, 15) is 4.79 Å². The maximum atomic E-state index is 12.5. The van der Waals surface area contributed by atoms with Crippen LogP contribution in [0.3, 0.4) is 0 Å². The summed E-state index contributed by atoms with van der Waals surface area (Å²) in [7, 11) is 0. The Balaban J connectivity index is 2.32. The Morgan fingerprint density at radius 3 is 2.62 bits per heavy atom. The molecule has 24 heavy (non-hydrogen) atoms. The highest BCUT2D eigenvalue weighted by atomic mass is 16.6. The average molecular weight is 331 g/mol. The number of carbonyl (C=O) groups excluding carboxylic acids is 1. The SMILES string of the molecule is Cc1ccc(/N=C2\B(OCN)CCN2C(=O)OC(C)(C)C)cc1C. The minimum atomic E-state index is -0.560. The van der Waals surface area contributed by atoms with E-state index in [2.05, 4.69) is 11.9 Å². The highest BCUT2D eigenvalue weighted by Crippen LogP contribution is 2.23. The van der Waals surface area contributed by atoms with Gasteiger partial charge in [-0.2, -0.15) is 0 Å². The number of nitrogens with zero attached hydrogens (tertiary/aromatic N) is 2. The topological polar surface area (TPSA) is 77.2 Å². The fourth-order valence-corrected chi connectivity index (χ4v) is 2.50. The molecule has 0 bridgehead atoms. The van der Waals surface area contributed by atoms with Gasteiger partial charge in [-0.3, -0.25) is 4.90 Å². The molecule has 1 aromatic rings. The molecule has 0 unspecified atom stereocenters. The van der Waals surface area contributed by atoms with E-state index < -0.39 is 11.7 Å². The molecule has 0 aromatic heterocycles. The Labute approximate surface area is 144 Å². The van der Waals surface area contributed by atoms with Crippen LogP contribution in [0.4, 0.5) is 10.5 Å². The molecule has 0 aliphatic carbocycles. The largest absolute Gasteiger partial charge is 0.443 e. The van der Waals surface area contributed by atoms with Crippen molar-refractivity contribution in [3.05, 3.63) is 29.3 Å². The molecule has 1 aromatic carbocycles. The van der Waals surface area contributed by atoms with Gasteiger partial charge in [0.05, 0.1) is 12.4 Å². The molecule has 1 fully saturated rings. The zero-order valence-electron chi connectivity index (χ0n) is 15.1. The maximum absolute atomic E-state index is 12.5. The third-order valence-corrected chi connectivity index (χ3v) is 3.82. The van der Waals surface area contributed by atoms with Gasteiger partial charge >= 0.3 is 13.0 Å². The van der Waals surface area contributed by atoms with E-state index in [-0.39, 0.29) is 13.6 Å². The van der Waals surface area contributed by atoms with Gasteiger partial charge in [-0.1, -0.05) is 6.07 Å². The Morgan fingerprint density at radius 2 is 2.04 bits per heavy atom. The van der Waals surface area contributed by atoms with Crippen LogP contribution >= 0.6 is 0 Å². The second-order valence-electron chi connectivity index (χ2n) is 6.98. The molecule has 0 spiro atoms. The molecule has 0 radical (unpaired) electrons. The molecule has 1 saturated heterocycles. The lowest BCUT2D eigenvalue weighted by Gasteiger charge is -2.25. The van der Waals surface area contributed by atoms with Crippen molar-refractivity contribution in [1.82, 2.24) is 4.90 Å². The van der Waals surface area contributed by atoms with Gasteiger partial charge in [0.15, 0.2) is 0 Å². The number of ether oxygens (including phenoxy) is 1. The molecule has 1 aliphatic rings. The first-order chi connectivity index (χ1) is 11.2. The van der Waals surface area contributed by atoms with Crippen molar-refractivity contribution in [2.24, 2.45) is 10.7 Å². The van der Waals surface area contributed by atoms with E-state index in [0.717, 1.165) is 11.3 Å². The van der Waals surface area contributed by atoms with E-state index in [0.29, 0.717) is 18.6 Å². The fraction of sp³-hybridized carbons (Fsp3) is 0.529. The van der Waals surface area contributed by atoms with E-state index in [1.54, 1.807) is 4.90 Å². The molecular weight excluding hydrogens is 305 g/mol. The highest BCUT2D eigenvalue weighted by molar-refractivity contribution is 6.88. The Kier molecular flexibility index (Phi) is 5.67. The molecule has 2 rings (SSSR count). The molecule has 1 amide bonds. The van der Waals surface area contributed by atoms with Gasteiger partial charge in [-0.15, -0.1) is 0 Å². The van der Waals surface area contributed by atoms with Crippen LogP contribution in [0.15, 0.2) is 23.2 Å². The summed E-state index contributed by atoms with van der Waals surface area (Å²) in [5.74, 6) is 0. The van der Waals surface area contributed by atoms with Crippen LogP contribution in [0.25, 0.3) is 0 Å². The monoisotopic (exact) mass is 331 g/mol. The van der Waals surface area contributed by atoms with Crippen LogP contribution in [-0.2, 0) is 9.39 Å². The van der Waals surface area contributed by atoms with Gasteiger partial charge in [-0.25, -0.2) is 9.79 Å². The molecule has 1 aliphatic heterocycles. The van der Waals surface area contributed by atoms with Crippen molar-refractivity contribution in [2.45, 2.75) is 46.5 Å². The van der Waals surface area contributed by atoms with Crippen LogP contribution in [0, 0.1) is 13.8 Å². The smallest absolute Gasteiger partial charge is 0.415 e. The first-order valence-electron chi connectivity index (χ1n) is 8.19. The van der Waals surface area contributed by atoms with Crippen LogP contribution in [-0.4, -0.2) is 42.5 Å². The summed E-state index contributed by atoms with van der Waals surface area (Å²) in [6.07, 6.45) is 0.244. The van der Waals surface area contributed by atoms with Gasteiger partial charge < -0.3 is 15.1 Å². The van der Waals surface area contributed by atoms with E-state index in [1.165, 1.54) is 5.56 Å². The summed E-state index contributed by atoms with van der Waals surface area (Å²) in [4.78, 5) is 18.7. The average Bonchev–Trinajstić information content (AvgIpc) is 2.85. The Hall–Kier alpha value is -1.86. The predicted octanol–water partition coefficient (Wildman–Crippen LogP) is 3.05. The summed E-state index contributed by atoms with van der Waals surface area (Å²) in [6, 6.07) is 5.94. The molecule has 0 saturated carbocycles. The van der Waals surface area contributed by atoms with Crippen LogP contribution in [0.5, 0.6) is 0 Å². The number of hydrogen-bond acceptors (Lipinski definition) is 5. The molecule has 7 heteroatoms. The predicted molar refractivity (Wildman–Crippen MR) is 96.7 cm³/mol. The van der Waals surface area contributed by atoms with Crippen molar-refractivity contribution in [3.63, 3.8) is 0 Å². The number of rotatable bonds is 3. The quantitative estimate of drug-likeness (QED) is 0.682. The van der Waals surface area contributed by atoms with E-state index in [1.807, 2.05) is 45.9 Å². The Bertz CT molecular complexity index is 640. The zero-order chi connectivity index (χ0) is 17.9.